The van der Waals surface area contributed by atoms with E-state index in [9.17, 15) is 49.5 Å². The molecule has 2 aliphatic rings. The topological polar surface area (TPSA) is 140 Å². The van der Waals surface area contributed by atoms with E-state index >= 15 is 0 Å². The molecule has 0 unspecified atom stereocenters. The van der Waals surface area contributed by atoms with Crippen LogP contribution in [0.25, 0.3) is 21.0 Å². The fourth-order valence-corrected chi connectivity index (χ4v) is 8.11. The van der Waals surface area contributed by atoms with Crippen LogP contribution in [0.4, 0.5) is 31.1 Å². The average molecular weight is 769 g/mol. The number of carboxylic acids is 1. The summed E-state index contributed by atoms with van der Waals surface area (Å²) in [5.74, 6) is -1.11. The Kier molecular flexibility index (Phi) is 8.76. The first-order chi connectivity index (χ1) is 23.9. The van der Waals surface area contributed by atoms with Crippen molar-refractivity contribution in [1.29, 1.82) is 0 Å². The zero-order chi connectivity index (χ0) is 38.3. The molecule has 2 fully saturated rings. The number of carbonyl (C=O) groups excluding carboxylic acids is 1. The molecular weight excluding hydrogens is 739 g/mol. The van der Waals surface area contributed by atoms with E-state index in [0.29, 0.717) is 38.8 Å². The van der Waals surface area contributed by atoms with Crippen molar-refractivity contribution in [3.05, 3.63) is 81.8 Å². The highest BCUT2D eigenvalue weighted by Crippen LogP contribution is 2.58. The van der Waals surface area contributed by atoms with Crippen LogP contribution in [0.2, 0.25) is 0 Å². The quantitative estimate of drug-likeness (QED) is 0.145. The predicted octanol–water partition coefficient (Wildman–Crippen LogP) is 8.24. The van der Waals surface area contributed by atoms with Gasteiger partial charge in [-0.15, -0.1) is 11.3 Å². The van der Waals surface area contributed by atoms with E-state index in [2.05, 4.69) is 9.97 Å². The van der Waals surface area contributed by atoms with E-state index in [0.717, 1.165) is 11.2 Å². The van der Waals surface area contributed by atoms with Crippen LogP contribution in [0, 0.1) is 6.92 Å². The Hall–Kier alpha value is -4.58. The highest BCUT2D eigenvalue weighted by atomic mass is 32.2. The van der Waals surface area contributed by atoms with Gasteiger partial charge in [0.2, 0.25) is 15.0 Å². The molecule has 3 heterocycles. The van der Waals surface area contributed by atoms with Crippen molar-refractivity contribution < 1.29 is 54.2 Å². The lowest BCUT2D eigenvalue weighted by atomic mass is 9.89. The van der Waals surface area contributed by atoms with Gasteiger partial charge in [0.15, 0.2) is 6.10 Å². The number of cyclic esters (lactones) is 1. The van der Waals surface area contributed by atoms with Crippen LogP contribution in [0.15, 0.2) is 47.8 Å². The number of aromatic nitrogens is 3. The monoisotopic (exact) mass is 768 g/mol. The summed E-state index contributed by atoms with van der Waals surface area (Å²) >= 11 is 1.19. The van der Waals surface area contributed by atoms with Gasteiger partial charge in [-0.05, 0) is 61.2 Å². The molecule has 1 aliphatic carbocycles. The predicted molar refractivity (Wildman–Crippen MR) is 175 cm³/mol. The van der Waals surface area contributed by atoms with Gasteiger partial charge in [0, 0.05) is 29.0 Å². The van der Waals surface area contributed by atoms with Gasteiger partial charge in [-0.2, -0.15) is 26.3 Å². The van der Waals surface area contributed by atoms with E-state index < -0.39 is 79.7 Å². The highest BCUT2D eigenvalue weighted by molar-refractivity contribution is 7.90. The van der Waals surface area contributed by atoms with Gasteiger partial charge < -0.3 is 9.84 Å². The van der Waals surface area contributed by atoms with Crippen LogP contribution in [-0.4, -0.2) is 57.2 Å². The van der Waals surface area contributed by atoms with Crippen LogP contribution < -0.4 is 0 Å². The Morgan fingerprint density at radius 2 is 1.62 bits per heavy atom. The number of hydrogen-bond donors (Lipinski definition) is 1. The molecule has 276 valence electrons. The molecular formula is C34H30F6N4O6S2. The first kappa shape index (κ1) is 37.2. The van der Waals surface area contributed by atoms with E-state index in [1.54, 1.807) is 13.0 Å². The number of nitrogens with zero attached hydrogens (tertiary/aromatic N) is 4. The van der Waals surface area contributed by atoms with Crippen molar-refractivity contribution in [1.82, 2.24) is 19.9 Å². The maximum atomic E-state index is 13.7. The summed E-state index contributed by atoms with van der Waals surface area (Å²) in [5.41, 5.74) is -3.38. The minimum Gasteiger partial charge on any atom is -0.478 e. The van der Waals surface area contributed by atoms with Gasteiger partial charge in [-0.1, -0.05) is 26.8 Å². The number of halogens is 6. The van der Waals surface area contributed by atoms with E-state index in [4.69, 9.17) is 9.72 Å². The molecule has 4 aromatic rings. The Morgan fingerprint density at radius 1 is 1.00 bits per heavy atom. The number of aromatic carboxylic acids is 1. The SMILES string of the molecule is Cc1cc(C(=O)O)ccc1-c1nc(C(C)(C)C)c(-c2cnc(S(C)(=O)=O)nc2CN2C(=O)O[C@H](c3cc(C(F)(F)F)cc(C(F)(F)F)c3)C23CC3)s1. The summed E-state index contributed by atoms with van der Waals surface area (Å²) in [7, 11) is -4.00. The summed E-state index contributed by atoms with van der Waals surface area (Å²) in [6.45, 7) is 6.94. The second-order valence-electron chi connectivity index (χ2n) is 13.9. The fourth-order valence-electron chi connectivity index (χ4n) is 6.19. The zero-order valence-electron chi connectivity index (χ0n) is 28.1. The number of hydrogen-bond acceptors (Lipinski definition) is 9. The van der Waals surface area contributed by atoms with Gasteiger partial charge in [0.1, 0.15) is 5.01 Å². The number of ether oxygens (including phenoxy) is 1. The number of rotatable bonds is 7. The summed E-state index contributed by atoms with van der Waals surface area (Å²) in [5, 5.41) is 9.36. The van der Waals surface area contributed by atoms with Crippen LogP contribution in [-0.2, 0) is 38.9 Å². The molecule has 6 rings (SSSR count). The van der Waals surface area contributed by atoms with Crippen molar-refractivity contribution in [2.75, 3.05) is 6.26 Å². The van der Waals surface area contributed by atoms with Crippen molar-refractivity contribution in [2.24, 2.45) is 0 Å². The second-order valence-corrected chi connectivity index (χ2v) is 16.8. The number of aryl methyl sites for hydroxylation is 1. The van der Waals surface area contributed by atoms with Crippen LogP contribution in [0.5, 0.6) is 0 Å². The first-order valence-electron chi connectivity index (χ1n) is 15.6. The van der Waals surface area contributed by atoms with Gasteiger partial charge in [-0.3, -0.25) is 4.90 Å². The Labute approximate surface area is 297 Å². The maximum Gasteiger partial charge on any atom is 0.416 e. The van der Waals surface area contributed by atoms with E-state index in [1.165, 1.54) is 29.7 Å². The smallest absolute Gasteiger partial charge is 0.416 e. The third-order valence-electron chi connectivity index (χ3n) is 8.91. The normalized spacial score (nSPS) is 17.5. The maximum absolute atomic E-state index is 13.7. The lowest BCUT2D eigenvalue weighted by Gasteiger charge is -2.26. The van der Waals surface area contributed by atoms with Crippen LogP contribution in [0.3, 0.4) is 0 Å². The minimum absolute atomic E-state index is 0.00434. The minimum atomic E-state index is -5.12. The van der Waals surface area contributed by atoms with Crippen molar-refractivity contribution in [2.45, 2.75) is 81.6 Å². The summed E-state index contributed by atoms with van der Waals surface area (Å²) in [4.78, 5) is 40.0. The largest absolute Gasteiger partial charge is 0.478 e. The molecule has 2 aromatic carbocycles. The molecule has 52 heavy (non-hydrogen) atoms. The zero-order valence-corrected chi connectivity index (χ0v) is 29.7. The molecule has 18 heteroatoms. The Morgan fingerprint density at radius 3 is 2.12 bits per heavy atom. The van der Waals surface area contributed by atoms with Crippen LogP contribution in [0.1, 0.15) is 83.7 Å². The number of thiazole rings is 1. The molecule has 0 radical (unpaired) electrons. The molecule has 1 amide bonds. The van der Waals surface area contributed by atoms with E-state index in [-0.39, 0.29) is 35.7 Å². The number of carbonyl (C=O) groups is 2. The summed E-state index contributed by atoms with van der Waals surface area (Å²) in [6.07, 6.45) is -10.3. The fraction of sp³-hybridized carbons (Fsp3) is 0.382. The molecule has 2 aromatic heterocycles. The van der Waals surface area contributed by atoms with Gasteiger partial charge in [0.25, 0.3) is 0 Å². The third kappa shape index (κ3) is 6.85. The first-order valence-corrected chi connectivity index (χ1v) is 18.3. The van der Waals surface area contributed by atoms with Crippen molar-refractivity contribution in [3.8, 4) is 21.0 Å². The molecule has 0 bridgehead atoms. The highest BCUT2D eigenvalue weighted by Gasteiger charge is 2.64. The number of alkyl halides is 6. The van der Waals surface area contributed by atoms with Gasteiger partial charge >= 0.3 is 24.4 Å². The standard InChI is InChI=1S/C34H30F6N4O6S2/c1-16-10-17(28(45)46)6-7-21(16)27-43-25(31(2,3)4)24(51-27)22-14-41-29(52(5,48)49)42-23(22)15-44-30(47)50-26(32(44)8-9-32)18-11-19(33(35,36)37)13-20(12-18)34(38,39)40/h6-7,10-14,26H,8-9,15H2,1-5H3,(H,45,46)/t26-/m1/s1. The van der Waals surface area contributed by atoms with Crippen LogP contribution >= 0.6 is 11.3 Å². The number of amides is 1. The number of benzene rings is 2. The number of carboxylic acid groups (broad SMARTS) is 1. The lowest BCUT2D eigenvalue weighted by molar-refractivity contribution is -0.143. The molecule has 1 saturated carbocycles. The number of sulfone groups is 1. The van der Waals surface area contributed by atoms with Gasteiger partial charge in [0.05, 0.1) is 45.0 Å². The molecule has 1 aliphatic heterocycles. The molecule has 1 saturated heterocycles. The van der Waals surface area contributed by atoms with Crippen molar-refractivity contribution >= 4 is 33.2 Å². The average Bonchev–Trinajstić information content (AvgIpc) is 3.61. The second kappa shape index (κ2) is 12.2. The van der Waals surface area contributed by atoms with Crippen molar-refractivity contribution in [3.63, 3.8) is 0 Å². The van der Waals surface area contributed by atoms with E-state index in [1.807, 2.05) is 20.8 Å². The van der Waals surface area contributed by atoms with Gasteiger partial charge in [-0.25, -0.2) is 33.0 Å². The third-order valence-corrected chi connectivity index (χ3v) is 10.9. The molecule has 1 spiro atoms. The summed E-state index contributed by atoms with van der Waals surface area (Å²) in [6, 6.07) is 5.62. The summed E-state index contributed by atoms with van der Waals surface area (Å²) < 4.78 is 113. The Bertz CT molecular complexity index is 2210. The Balaban J connectivity index is 1.47. The lowest BCUT2D eigenvalue weighted by Crippen LogP contribution is -2.36. The molecule has 10 nitrogen and oxygen atoms in total. The molecule has 1 atom stereocenters. The molecule has 1 N–H and O–H groups in total.